The normalized spacial score (nSPS) is 11.2. The average Bonchev–Trinajstić information content (AvgIpc) is 2.26. The molecule has 0 spiro atoms. The first kappa shape index (κ1) is 13.7. The minimum Gasteiger partial charge on any atom is -0.489 e. The summed E-state index contributed by atoms with van der Waals surface area (Å²) in [7, 11) is 0. The van der Waals surface area contributed by atoms with Crippen LogP contribution in [0.1, 0.15) is 19.4 Å². The van der Waals surface area contributed by atoms with Gasteiger partial charge in [0.1, 0.15) is 12.4 Å². The molecule has 0 saturated heterocycles. The van der Waals surface area contributed by atoms with Gasteiger partial charge < -0.3 is 15.2 Å². The zero-order valence-corrected chi connectivity index (χ0v) is 10.6. The Kier molecular flexibility index (Phi) is 5.19. The van der Waals surface area contributed by atoms with Crippen LogP contribution in [0.5, 0.6) is 5.75 Å². The minimum atomic E-state index is -0.698. The first-order valence-electron chi connectivity index (χ1n) is 5.77. The topological polar surface area (TPSA) is 41.5 Å². The van der Waals surface area contributed by atoms with Crippen LogP contribution in [0.4, 0.5) is 0 Å². The molecule has 0 heterocycles. The molecule has 0 bridgehead atoms. The molecule has 0 unspecified atom stereocenters. The van der Waals surface area contributed by atoms with Gasteiger partial charge >= 0.3 is 0 Å². The first-order valence-corrected chi connectivity index (χ1v) is 5.77. The molecule has 1 aromatic rings. The molecule has 1 aromatic carbocycles. The molecule has 17 heavy (non-hydrogen) atoms. The summed E-state index contributed by atoms with van der Waals surface area (Å²) in [6.07, 6.45) is 1.72. The van der Waals surface area contributed by atoms with Gasteiger partial charge in [-0.25, -0.2) is 0 Å². The molecule has 0 radical (unpaired) electrons. The predicted molar refractivity (Wildman–Crippen MR) is 70.1 cm³/mol. The first-order chi connectivity index (χ1) is 8.03. The summed E-state index contributed by atoms with van der Waals surface area (Å²) < 4.78 is 5.55. The van der Waals surface area contributed by atoms with E-state index in [4.69, 9.17) is 4.74 Å². The van der Waals surface area contributed by atoms with Gasteiger partial charge in [-0.05, 0) is 19.9 Å². The zero-order valence-electron chi connectivity index (χ0n) is 10.6. The zero-order chi connectivity index (χ0) is 12.7. The van der Waals surface area contributed by atoms with E-state index in [2.05, 4.69) is 11.9 Å². The molecule has 1 rings (SSSR count). The van der Waals surface area contributed by atoms with Gasteiger partial charge in [-0.2, -0.15) is 0 Å². The van der Waals surface area contributed by atoms with E-state index in [-0.39, 0.29) is 0 Å². The summed E-state index contributed by atoms with van der Waals surface area (Å²) in [5.74, 6) is 0.857. The van der Waals surface area contributed by atoms with E-state index in [1.54, 1.807) is 19.9 Å². The lowest BCUT2D eigenvalue weighted by molar-refractivity contribution is 0.0794. The van der Waals surface area contributed by atoms with Crippen molar-refractivity contribution < 1.29 is 9.84 Å². The lowest BCUT2D eigenvalue weighted by Gasteiger charge is -2.18. The fourth-order valence-corrected chi connectivity index (χ4v) is 1.44. The number of nitrogens with one attached hydrogen (secondary N) is 1. The third kappa shape index (κ3) is 5.52. The number of aliphatic hydroxyl groups is 1. The van der Waals surface area contributed by atoms with Crippen LogP contribution in [0.15, 0.2) is 36.9 Å². The maximum absolute atomic E-state index is 9.60. The molecule has 0 atom stereocenters. The second-order valence-corrected chi connectivity index (χ2v) is 4.62. The van der Waals surface area contributed by atoms with E-state index in [1.165, 1.54) is 0 Å². The average molecular weight is 235 g/mol. The van der Waals surface area contributed by atoms with Crippen molar-refractivity contribution in [2.24, 2.45) is 0 Å². The van der Waals surface area contributed by atoms with Crippen molar-refractivity contribution in [2.75, 3.05) is 13.2 Å². The maximum Gasteiger partial charge on any atom is 0.124 e. The number of ether oxygens (including phenoxy) is 1. The number of hydrogen-bond donors (Lipinski definition) is 2. The number of benzene rings is 1. The Morgan fingerprint density at radius 2 is 2.12 bits per heavy atom. The van der Waals surface area contributed by atoms with Crippen molar-refractivity contribution in [3.8, 4) is 5.75 Å². The van der Waals surface area contributed by atoms with Gasteiger partial charge in [-0.15, -0.1) is 0 Å². The monoisotopic (exact) mass is 235 g/mol. The van der Waals surface area contributed by atoms with Gasteiger partial charge in [0, 0.05) is 18.7 Å². The van der Waals surface area contributed by atoms with Crippen molar-refractivity contribution in [1.29, 1.82) is 0 Å². The lowest BCUT2D eigenvalue weighted by Crippen LogP contribution is -2.34. The number of para-hydroxylation sites is 1. The Morgan fingerprint density at radius 3 is 2.76 bits per heavy atom. The van der Waals surface area contributed by atoms with Gasteiger partial charge in [0.2, 0.25) is 0 Å². The fourth-order valence-electron chi connectivity index (χ4n) is 1.44. The van der Waals surface area contributed by atoms with Crippen LogP contribution >= 0.6 is 0 Å². The Balaban J connectivity index is 2.54. The van der Waals surface area contributed by atoms with Crippen LogP contribution in [0.3, 0.4) is 0 Å². The van der Waals surface area contributed by atoms with Crippen molar-refractivity contribution in [3.63, 3.8) is 0 Å². The highest BCUT2D eigenvalue weighted by atomic mass is 16.5. The van der Waals surface area contributed by atoms with Crippen LogP contribution < -0.4 is 10.1 Å². The lowest BCUT2D eigenvalue weighted by atomic mass is 10.1. The largest absolute Gasteiger partial charge is 0.489 e. The Hall–Kier alpha value is -1.32. The summed E-state index contributed by atoms with van der Waals surface area (Å²) in [6.45, 7) is 8.91. The molecule has 2 N–H and O–H groups in total. The Bertz CT molecular complexity index is 355. The highest BCUT2D eigenvalue weighted by molar-refractivity contribution is 5.33. The highest BCUT2D eigenvalue weighted by Gasteiger charge is 2.11. The van der Waals surface area contributed by atoms with E-state index >= 15 is 0 Å². The van der Waals surface area contributed by atoms with Gasteiger partial charge in [0.05, 0.1) is 5.60 Å². The minimum absolute atomic E-state index is 0.502. The molecule has 0 amide bonds. The van der Waals surface area contributed by atoms with Gasteiger partial charge in [-0.1, -0.05) is 30.9 Å². The van der Waals surface area contributed by atoms with Crippen molar-refractivity contribution >= 4 is 0 Å². The summed E-state index contributed by atoms with van der Waals surface area (Å²) in [5.41, 5.74) is 0.385. The van der Waals surface area contributed by atoms with Crippen molar-refractivity contribution in [1.82, 2.24) is 5.32 Å². The standard InChI is InChI=1S/C14H21NO2/c1-4-9-17-13-8-6-5-7-12(13)10-15-11-14(2,3)16/h4-8,15-16H,1,9-11H2,2-3H3. The molecule has 94 valence electrons. The third-order valence-corrected chi connectivity index (χ3v) is 2.20. The van der Waals surface area contributed by atoms with E-state index in [1.807, 2.05) is 24.3 Å². The van der Waals surface area contributed by atoms with Crippen LogP contribution in [0.2, 0.25) is 0 Å². The third-order valence-electron chi connectivity index (χ3n) is 2.20. The van der Waals surface area contributed by atoms with E-state index in [0.29, 0.717) is 19.7 Å². The molecule has 0 fully saturated rings. The molecule has 3 heteroatoms. The van der Waals surface area contributed by atoms with E-state index in [0.717, 1.165) is 11.3 Å². The van der Waals surface area contributed by atoms with Crippen molar-refractivity contribution in [3.05, 3.63) is 42.5 Å². The molecule has 0 saturated carbocycles. The number of hydrogen-bond acceptors (Lipinski definition) is 3. The van der Waals surface area contributed by atoms with Crippen LogP contribution in [-0.4, -0.2) is 23.9 Å². The predicted octanol–water partition coefficient (Wildman–Crippen LogP) is 2.11. The van der Waals surface area contributed by atoms with Crippen molar-refractivity contribution in [2.45, 2.75) is 26.0 Å². The molecular weight excluding hydrogens is 214 g/mol. The number of rotatable bonds is 7. The molecule has 0 aromatic heterocycles. The second-order valence-electron chi connectivity index (χ2n) is 4.62. The molecular formula is C14H21NO2. The smallest absolute Gasteiger partial charge is 0.124 e. The van der Waals surface area contributed by atoms with E-state index in [9.17, 15) is 5.11 Å². The maximum atomic E-state index is 9.60. The SMILES string of the molecule is C=CCOc1ccccc1CNCC(C)(C)O. The molecule has 3 nitrogen and oxygen atoms in total. The Labute approximate surface area is 103 Å². The summed E-state index contributed by atoms with van der Waals surface area (Å²) in [5, 5.41) is 12.8. The second kappa shape index (κ2) is 6.42. The van der Waals surface area contributed by atoms with E-state index < -0.39 is 5.60 Å². The van der Waals surface area contributed by atoms with Gasteiger partial charge in [0.25, 0.3) is 0 Å². The van der Waals surface area contributed by atoms with Crippen LogP contribution in [0.25, 0.3) is 0 Å². The molecule has 0 aliphatic rings. The summed E-state index contributed by atoms with van der Waals surface area (Å²) >= 11 is 0. The van der Waals surface area contributed by atoms with Gasteiger partial charge in [-0.3, -0.25) is 0 Å². The summed E-state index contributed by atoms with van der Waals surface area (Å²) in [6, 6.07) is 7.86. The summed E-state index contributed by atoms with van der Waals surface area (Å²) in [4.78, 5) is 0. The van der Waals surface area contributed by atoms with Gasteiger partial charge in [0.15, 0.2) is 0 Å². The Morgan fingerprint density at radius 1 is 1.41 bits per heavy atom. The quantitative estimate of drug-likeness (QED) is 0.711. The van der Waals surface area contributed by atoms with Crippen LogP contribution in [-0.2, 0) is 6.54 Å². The highest BCUT2D eigenvalue weighted by Crippen LogP contribution is 2.17. The molecule has 0 aliphatic heterocycles. The fraction of sp³-hybridized carbons (Fsp3) is 0.429. The van der Waals surface area contributed by atoms with Crippen LogP contribution in [0, 0.1) is 0 Å². The molecule has 0 aliphatic carbocycles.